The second-order valence-electron chi connectivity index (χ2n) is 4.84. The van der Waals surface area contributed by atoms with Crippen LogP contribution in [0.3, 0.4) is 0 Å². The van der Waals surface area contributed by atoms with Gasteiger partial charge in [0.25, 0.3) is 0 Å². The molecule has 0 saturated carbocycles. The molecule has 0 spiro atoms. The van der Waals surface area contributed by atoms with Crippen molar-refractivity contribution in [1.82, 2.24) is 10.7 Å². The molecule has 0 aromatic carbocycles. The van der Waals surface area contributed by atoms with Crippen molar-refractivity contribution in [2.45, 2.75) is 31.6 Å². The van der Waals surface area contributed by atoms with Crippen molar-refractivity contribution < 1.29 is 13.2 Å². The van der Waals surface area contributed by atoms with E-state index in [4.69, 9.17) is 10.6 Å². The van der Waals surface area contributed by atoms with Gasteiger partial charge in [-0.05, 0) is 20.8 Å². The van der Waals surface area contributed by atoms with Gasteiger partial charge in [-0.15, -0.1) is 0 Å². The van der Waals surface area contributed by atoms with Crippen molar-refractivity contribution in [2.24, 2.45) is 10.8 Å². The van der Waals surface area contributed by atoms with Crippen molar-refractivity contribution >= 4 is 15.8 Å². The molecule has 0 aromatic rings. The summed E-state index contributed by atoms with van der Waals surface area (Å²) in [7, 11) is -1.58. The zero-order chi connectivity index (χ0) is 14.4. The Balaban J connectivity index is 4.64. The maximum Gasteiger partial charge on any atom is 0.206 e. The molecule has 0 heterocycles. The number of ether oxygens (including phenoxy) is 1. The fourth-order valence-electron chi connectivity index (χ4n) is 1.04. The molecule has 0 rings (SSSR count). The number of hydrogen-bond donors (Lipinski definition) is 3. The van der Waals surface area contributed by atoms with Gasteiger partial charge in [0.1, 0.15) is 0 Å². The predicted molar refractivity (Wildman–Crippen MR) is 73.0 cm³/mol. The molecule has 18 heavy (non-hydrogen) atoms. The summed E-state index contributed by atoms with van der Waals surface area (Å²) in [4.78, 5) is 4.14. The minimum Gasteiger partial charge on any atom is -0.383 e. The van der Waals surface area contributed by atoms with Crippen molar-refractivity contribution in [1.29, 1.82) is 0 Å². The number of sulfone groups is 1. The molecule has 0 aliphatic rings. The summed E-state index contributed by atoms with van der Waals surface area (Å²) in [5.74, 6) is 5.67. The summed E-state index contributed by atoms with van der Waals surface area (Å²) in [6, 6.07) is 0.0196. The number of hydrazine groups is 1. The fraction of sp³-hybridized carbons (Fsp3) is 0.900. The average Bonchev–Trinajstić information content (AvgIpc) is 2.22. The number of nitrogens with two attached hydrogens (primary N) is 1. The van der Waals surface area contributed by atoms with Gasteiger partial charge in [-0.2, -0.15) is 0 Å². The van der Waals surface area contributed by atoms with Gasteiger partial charge < -0.3 is 10.1 Å². The minimum absolute atomic E-state index is 0.0196. The largest absolute Gasteiger partial charge is 0.383 e. The van der Waals surface area contributed by atoms with E-state index >= 15 is 0 Å². The van der Waals surface area contributed by atoms with Crippen LogP contribution in [-0.4, -0.2) is 51.7 Å². The highest BCUT2D eigenvalue weighted by Crippen LogP contribution is 2.14. The molecule has 1 unspecified atom stereocenters. The van der Waals surface area contributed by atoms with Gasteiger partial charge in [-0.25, -0.2) is 14.3 Å². The van der Waals surface area contributed by atoms with Crippen LogP contribution in [0, 0.1) is 0 Å². The van der Waals surface area contributed by atoms with Gasteiger partial charge in [-0.1, -0.05) is 0 Å². The van der Waals surface area contributed by atoms with E-state index in [1.807, 2.05) is 6.92 Å². The number of aliphatic imine (C=N–C) groups is 1. The highest BCUT2D eigenvalue weighted by atomic mass is 32.2. The van der Waals surface area contributed by atoms with Crippen molar-refractivity contribution in [2.75, 3.05) is 26.5 Å². The molecule has 8 heteroatoms. The number of nitrogens with zero attached hydrogens (tertiary/aromatic N) is 1. The highest BCUT2D eigenvalue weighted by Gasteiger charge is 2.29. The Morgan fingerprint density at radius 2 is 2.06 bits per heavy atom. The fourth-order valence-corrected chi connectivity index (χ4v) is 1.34. The molecule has 0 amide bonds. The van der Waals surface area contributed by atoms with Gasteiger partial charge in [0.2, 0.25) is 5.96 Å². The lowest BCUT2D eigenvalue weighted by atomic mass is 10.2. The second-order valence-corrected chi connectivity index (χ2v) is 7.49. The lowest BCUT2D eigenvalue weighted by Gasteiger charge is -2.21. The summed E-state index contributed by atoms with van der Waals surface area (Å²) in [5.41, 5.74) is 2.40. The minimum atomic E-state index is -3.17. The predicted octanol–water partition coefficient (Wildman–Crippen LogP) is -0.747. The van der Waals surface area contributed by atoms with Crippen LogP contribution in [0.15, 0.2) is 4.99 Å². The highest BCUT2D eigenvalue weighted by molar-refractivity contribution is 7.92. The monoisotopic (exact) mass is 280 g/mol. The summed E-state index contributed by atoms with van der Waals surface area (Å²) in [6.07, 6.45) is 1.19. The first-order valence-corrected chi connectivity index (χ1v) is 7.49. The quantitative estimate of drug-likeness (QED) is 0.256. The van der Waals surface area contributed by atoms with Gasteiger partial charge in [0.15, 0.2) is 9.84 Å². The van der Waals surface area contributed by atoms with Gasteiger partial charge >= 0.3 is 0 Å². The van der Waals surface area contributed by atoms with E-state index in [1.165, 1.54) is 6.26 Å². The van der Waals surface area contributed by atoms with Crippen LogP contribution in [0.1, 0.15) is 20.8 Å². The molecule has 1 atom stereocenters. The Labute approximate surface area is 109 Å². The number of methoxy groups -OCH3 is 1. The van der Waals surface area contributed by atoms with Gasteiger partial charge in [0.05, 0.1) is 17.9 Å². The van der Waals surface area contributed by atoms with Crippen molar-refractivity contribution in [3.05, 3.63) is 0 Å². The third-order valence-electron chi connectivity index (χ3n) is 2.56. The Hall–Kier alpha value is -0.860. The van der Waals surface area contributed by atoms with Crippen LogP contribution >= 0.6 is 0 Å². The van der Waals surface area contributed by atoms with Crippen LogP contribution < -0.4 is 16.6 Å². The van der Waals surface area contributed by atoms with Crippen molar-refractivity contribution in [3.63, 3.8) is 0 Å². The average molecular weight is 280 g/mol. The lowest BCUT2D eigenvalue weighted by Crippen LogP contribution is -2.48. The first kappa shape index (κ1) is 17.1. The van der Waals surface area contributed by atoms with Gasteiger partial charge in [0, 0.05) is 19.4 Å². The van der Waals surface area contributed by atoms with Crippen LogP contribution in [0.5, 0.6) is 0 Å². The number of guanidine groups is 1. The number of nitrogens with one attached hydrogen (secondary N) is 2. The van der Waals surface area contributed by atoms with Crippen LogP contribution in [-0.2, 0) is 14.6 Å². The zero-order valence-corrected chi connectivity index (χ0v) is 12.5. The van der Waals surface area contributed by atoms with Crippen LogP contribution in [0.25, 0.3) is 0 Å². The van der Waals surface area contributed by atoms with Crippen LogP contribution in [0.4, 0.5) is 0 Å². The third-order valence-corrected chi connectivity index (χ3v) is 4.69. The number of rotatable bonds is 6. The summed E-state index contributed by atoms with van der Waals surface area (Å²) in [5, 5.41) is 2.99. The Morgan fingerprint density at radius 1 is 1.50 bits per heavy atom. The molecule has 0 aromatic heterocycles. The Kier molecular flexibility index (Phi) is 6.58. The standard InChI is InChI=1S/C10H24N4O3S/c1-8(6-17-4)13-9(14-11)12-7-10(2,3)18(5,15)16/h8H,6-7,11H2,1-5H3,(H2,12,13,14). The molecule has 0 bridgehead atoms. The first-order chi connectivity index (χ1) is 8.14. The van der Waals surface area contributed by atoms with E-state index < -0.39 is 14.6 Å². The number of hydrogen-bond acceptors (Lipinski definition) is 5. The molecule has 0 fully saturated rings. The molecule has 4 N–H and O–H groups in total. The molecule has 0 saturated heterocycles. The topological polar surface area (TPSA) is 106 Å². The van der Waals surface area contributed by atoms with Crippen molar-refractivity contribution in [3.8, 4) is 0 Å². The van der Waals surface area contributed by atoms with Crippen LogP contribution in [0.2, 0.25) is 0 Å². The molecule has 0 radical (unpaired) electrons. The summed E-state index contributed by atoms with van der Waals surface area (Å²) < 4.78 is 27.1. The smallest absolute Gasteiger partial charge is 0.206 e. The van der Waals surface area contributed by atoms with E-state index in [9.17, 15) is 8.42 Å². The molecular formula is C10H24N4O3S. The van der Waals surface area contributed by atoms with E-state index in [1.54, 1.807) is 21.0 Å². The second kappa shape index (κ2) is 6.91. The van der Waals surface area contributed by atoms with E-state index in [-0.39, 0.29) is 12.6 Å². The molecule has 0 aliphatic carbocycles. The molecule has 7 nitrogen and oxygen atoms in total. The molecule has 108 valence electrons. The van der Waals surface area contributed by atoms with E-state index in [2.05, 4.69) is 15.7 Å². The van der Waals surface area contributed by atoms with E-state index in [0.717, 1.165) is 0 Å². The Bertz CT molecular complexity index is 379. The first-order valence-electron chi connectivity index (χ1n) is 5.60. The zero-order valence-electron chi connectivity index (χ0n) is 11.6. The summed E-state index contributed by atoms with van der Waals surface area (Å²) >= 11 is 0. The van der Waals surface area contributed by atoms with E-state index in [0.29, 0.717) is 12.6 Å². The summed E-state index contributed by atoms with van der Waals surface area (Å²) in [6.45, 7) is 5.77. The normalized spacial score (nSPS) is 15.3. The third kappa shape index (κ3) is 5.65. The molecular weight excluding hydrogens is 256 g/mol. The maximum atomic E-state index is 11.5. The SMILES string of the molecule is COCC(C)NC(=NCC(C)(C)S(C)(=O)=O)NN. The maximum absolute atomic E-state index is 11.5. The van der Waals surface area contributed by atoms with Gasteiger partial charge in [-0.3, -0.25) is 10.4 Å². The lowest BCUT2D eigenvalue weighted by molar-refractivity contribution is 0.179. The Morgan fingerprint density at radius 3 is 2.44 bits per heavy atom. The molecule has 0 aliphatic heterocycles.